The molecule has 168 valence electrons. The van der Waals surface area contributed by atoms with Crippen LogP contribution in [-0.4, -0.2) is 31.0 Å². The quantitative estimate of drug-likeness (QED) is 0.316. The first-order valence-corrected chi connectivity index (χ1v) is 10.6. The summed E-state index contributed by atoms with van der Waals surface area (Å²) in [5.41, 5.74) is 2.19. The van der Waals surface area contributed by atoms with Crippen molar-refractivity contribution < 1.29 is 24.2 Å². The van der Waals surface area contributed by atoms with Crippen LogP contribution >= 0.6 is 11.6 Å². The molecule has 0 saturated carbocycles. The molecule has 7 heteroatoms. The topological polar surface area (TPSA) is 76.1 Å². The zero-order valence-corrected chi connectivity index (χ0v) is 19.1. The lowest BCUT2D eigenvalue weighted by Crippen LogP contribution is -2.29. The molecule has 0 aromatic heterocycles. The number of aryl methyl sites for hydroxylation is 1. The smallest absolute Gasteiger partial charge is 0.300 e. The second kappa shape index (κ2) is 9.00. The molecule has 33 heavy (non-hydrogen) atoms. The molecule has 1 aliphatic heterocycles. The number of para-hydroxylation sites is 1. The van der Waals surface area contributed by atoms with E-state index in [4.69, 9.17) is 21.1 Å². The molecule has 1 heterocycles. The number of aliphatic hydroxyl groups is 1. The Morgan fingerprint density at radius 3 is 2.30 bits per heavy atom. The van der Waals surface area contributed by atoms with Gasteiger partial charge in [0.05, 0.1) is 25.8 Å². The van der Waals surface area contributed by atoms with Gasteiger partial charge in [-0.1, -0.05) is 35.9 Å². The summed E-state index contributed by atoms with van der Waals surface area (Å²) in [6.07, 6.45) is 0. The maximum atomic E-state index is 13.3. The van der Waals surface area contributed by atoms with Crippen LogP contribution in [-0.2, 0) is 9.59 Å². The molecule has 1 saturated heterocycles. The lowest BCUT2D eigenvalue weighted by molar-refractivity contribution is -0.132. The van der Waals surface area contributed by atoms with Gasteiger partial charge in [0.25, 0.3) is 11.7 Å². The molecule has 0 bridgehead atoms. The fourth-order valence-corrected chi connectivity index (χ4v) is 4.10. The second-order valence-corrected chi connectivity index (χ2v) is 7.98. The molecule has 1 atom stereocenters. The number of halogens is 1. The van der Waals surface area contributed by atoms with Gasteiger partial charge in [0, 0.05) is 21.8 Å². The Morgan fingerprint density at radius 2 is 1.67 bits per heavy atom. The molecule has 1 aliphatic rings. The molecule has 6 nitrogen and oxygen atoms in total. The van der Waals surface area contributed by atoms with Crippen molar-refractivity contribution in [3.05, 3.63) is 94.0 Å². The Kier molecular flexibility index (Phi) is 6.11. The minimum atomic E-state index is -0.915. The number of anilines is 1. The van der Waals surface area contributed by atoms with Crippen LogP contribution in [0.25, 0.3) is 5.76 Å². The highest BCUT2D eigenvalue weighted by atomic mass is 35.5. The van der Waals surface area contributed by atoms with Gasteiger partial charge in [-0.2, -0.15) is 0 Å². The van der Waals surface area contributed by atoms with Crippen LogP contribution in [0.4, 0.5) is 5.69 Å². The number of benzene rings is 3. The van der Waals surface area contributed by atoms with Gasteiger partial charge in [-0.3, -0.25) is 14.5 Å². The van der Waals surface area contributed by atoms with E-state index in [2.05, 4.69) is 0 Å². The number of rotatable bonds is 5. The summed E-state index contributed by atoms with van der Waals surface area (Å²) in [6.45, 7) is 1.85. The van der Waals surface area contributed by atoms with Crippen LogP contribution in [0.15, 0.2) is 72.3 Å². The highest BCUT2D eigenvalue weighted by molar-refractivity contribution is 6.52. The number of amides is 1. The molecule has 0 radical (unpaired) electrons. The summed E-state index contributed by atoms with van der Waals surface area (Å²) in [6, 6.07) is 17.9. The first-order valence-electron chi connectivity index (χ1n) is 10.2. The standard InChI is InChI=1S/C26H22ClNO5/c1-15-8-11-17(14-20(15)27)28-23(19-6-4-5-7-21(19)33-3)22(25(30)26(28)31)24(29)16-9-12-18(32-2)13-10-16/h4-14,23,29H,1-3H3/b24-22+. The van der Waals surface area contributed by atoms with Crippen LogP contribution in [0.3, 0.4) is 0 Å². The van der Waals surface area contributed by atoms with Crippen molar-refractivity contribution >= 4 is 34.7 Å². The summed E-state index contributed by atoms with van der Waals surface area (Å²) >= 11 is 6.33. The van der Waals surface area contributed by atoms with Crippen LogP contribution in [0.2, 0.25) is 5.02 Å². The highest BCUT2D eigenvalue weighted by Gasteiger charge is 2.48. The van der Waals surface area contributed by atoms with Crippen LogP contribution in [0.5, 0.6) is 11.5 Å². The maximum absolute atomic E-state index is 13.3. The van der Waals surface area contributed by atoms with Crippen molar-refractivity contribution in [1.29, 1.82) is 0 Å². The second-order valence-electron chi connectivity index (χ2n) is 7.57. The van der Waals surface area contributed by atoms with Gasteiger partial charge in [-0.05, 0) is 55.0 Å². The van der Waals surface area contributed by atoms with Gasteiger partial charge >= 0.3 is 0 Å². The predicted octanol–water partition coefficient (Wildman–Crippen LogP) is 5.29. The Labute approximate surface area is 196 Å². The number of carbonyl (C=O) groups excluding carboxylic acids is 2. The van der Waals surface area contributed by atoms with Crippen molar-refractivity contribution in [1.82, 2.24) is 0 Å². The van der Waals surface area contributed by atoms with Crippen LogP contribution in [0, 0.1) is 6.92 Å². The Hall–Kier alpha value is -3.77. The number of hydrogen-bond acceptors (Lipinski definition) is 5. The lowest BCUT2D eigenvalue weighted by atomic mass is 9.94. The summed E-state index contributed by atoms with van der Waals surface area (Å²) in [5.74, 6) is -0.764. The molecule has 3 aromatic rings. The number of hydrogen-bond donors (Lipinski definition) is 1. The fraction of sp³-hybridized carbons (Fsp3) is 0.154. The number of nitrogens with zero attached hydrogens (tertiary/aromatic N) is 1. The Bertz CT molecular complexity index is 1270. The normalized spacial score (nSPS) is 17.3. The van der Waals surface area contributed by atoms with Crippen molar-refractivity contribution in [2.75, 3.05) is 19.1 Å². The van der Waals surface area contributed by atoms with E-state index in [0.29, 0.717) is 33.3 Å². The average Bonchev–Trinajstić information content (AvgIpc) is 3.10. The Morgan fingerprint density at radius 1 is 0.970 bits per heavy atom. The van der Waals surface area contributed by atoms with Crippen LogP contribution < -0.4 is 14.4 Å². The number of ketones is 1. The molecule has 1 amide bonds. The molecular weight excluding hydrogens is 442 g/mol. The minimum Gasteiger partial charge on any atom is -0.507 e. The first-order chi connectivity index (χ1) is 15.9. The van der Waals surface area contributed by atoms with Crippen molar-refractivity contribution in [2.45, 2.75) is 13.0 Å². The largest absolute Gasteiger partial charge is 0.507 e. The maximum Gasteiger partial charge on any atom is 0.300 e. The fourth-order valence-electron chi connectivity index (χ4n) is 3.92. The Balaban J connectivity index is 1.97. The summed E-state index contributed by atoms with van der Waals surface area (Å²) in [4.78, 5) is 27.9. The van der Waals surface area contributed by atoms with Gasteiger partial charge in [0.15, 0.2) is 0 Å². The highest BCUT2D eigenvalue weighted by Crippen LogP contribution is 2.45. The molecular formula is C26H22ClNO5. The van der Waals surface area contributed by atoms with E-state index in [1.807, 2.05) is 6.92 Å². The van der Waals surface area contributed by atoms with E-state index in [-0.39, 0.29) is 11.3 Å². The number of aliphatic hydroxyl groups excluding tert-OH is 1. The van der Waals surface area contributed by atoms with Gasteiger partial charge < -0.3 is 14.6 Å². The van der Waals surface area contributed by atoms with E-state index in [1.54, 1.807) is 66.7 Å². The number of methoxy groups -OCH3 is 2. The van der Waals surface area contributed by atoms with Crippen molar-refractivity contribution in [3.8, 4) is 11.5 Å². The third-order valence-electron chi connectivity index (χ3n) is 5.67. The summed E-state index contributed by atoms with van der Waals surface area (Å²) in [5, 5.41) is 11.7. The first kappa shape index (κ1) is 22.4. The van der Waals surface area contributed by atoms with Gasteiger partial charge in [-0.25, -0.2) is 0 Å². The number of carbonyl (C=O) groups is 2. The van der Waals surface area contributed by atoms with E-state index in [1.165, 1.54) is 19.1 Å². The zero-order valence-electron chi connectivity index (χ0n) is 18.3. The summed E-state index contributed by atoms with van der Waals surface area (Å²) < 4.78 is 10.7. The monoisotopic (exact) mass is 463 g/mol. The zero-order chi connectivity index (χ0) is 23.7. The third-order valence-corrected chi connectivity index (χ3v) is 6.08. The summed E-state index contributed by atoms with van der Waals surface area (Å²) in [7, 11) is 3.05. The lowest BCUT2D eigenvalue weighted by Gasteiger charge is -2.27. The number of ether oxygens (including phenoxy) is 2. The predicted molar refractivity (Wildman–Crippen MR) is 127 cm³/mol. The molecule has 0 aliphatic carbocycles. The molecule has 1 unspecified atom stereocenters. The number of Topliss-reactive ketones (excluding diaryl/α,β-unsaturated/α-hetero) is 1. The third kappa shape index (κ3) is 3.94. The van der Waals surface area contributed by atoms with Gasteiger partial charge in [0.1, 0.15) is 17.3 Å². The van der Waals surface area contributed by atoms with E-state index in [0.717, 1.165) is 5.56 Å². The molecule has 0 spiro atoms. The van der Waals surface area contributed by atoms with Crippen molar-refractivity contribution in [2.24, 2.45) is 0 Å². The molecule has 3 aromatic carbocycles. The van der Waals surface area contributed by atoms with Crippen LogP contribution in [0.1, 0.15) is 22.7 Å². The average molecular weight is 464 g/mol. The molecule has 1 fully saturated rings. The van der Waals surface area contributed by atoms with E-state index >= 15 is 0 Å². The van der Waals surface area contributed by atoms with Crippen molar-refractivity contribution in [3.63, 3.8) is 0 Å². The minimum absolute atomic E-state index is 0.0358. The van der Waals surface area contributed by atoms with E-state index in [9.17, 15) is 14.7 Å². The van der Waals surface area contributed by atoms with E-state index < -0.39 is 17.7 Å². The van der Waals surface area contributed by atoms with Gasteiger partial charge in [0.2, 0.25) is 0 Å². The molecule has 4 rings (SSSR count). The SMILES string of the molecule is COc1ccc(/C(O)=C2\C(=O)C(=O)N(c3ccc(C)c(Cl)c3)C2c2ccccc2OC)cc1. The molecule has 1 N–H and O–H groups in total. The van der Waals surface area contributed by atoms with Gasteiger partial charge in [-0.15, -0.1) is 0 Å².